The maximum atomic E-state index is 12.5. The van der Waals surface area contributed by atoms with E-state index in [0.29, 0.717) is 43.3 Å². The van der Waals surface area contributed by atoms with E-state index in [4.69, 9.17) is 11.6 Å². The molecule has 0 aliphatic carbocycles. The fourth-order valence-corrected chi connectivity index (χ4v) is 3.74. The Kier molecular flexibility index (Phi) is 4.79. The molecule has 2 aromatic rings. The van der Waals surface area contributed by atoms with E-state index < -0.39 is 0 Å². The SMILES string of the molecule is O=CCN1CCN(C(=O)Cn2c(=O)sc3ccc(Cl)cc32)CC1. The molecule has 1 amide bonds. The topological polar surface area (TPSA) is 62.6 Å². The molecule has 0 bridgehead atoms. The lowest BCUT2D eigenvalue weighted by atomic mass is 10.3. The van der Waals surface area contributed by atoms with E-state index in [-0.39, 0.29) is 17.3 Å². The number of fused-ring (bicyclic) bond motifs is 1. The fourth-order valence-electron chi connectivity index (χ4n) is 2.71. The fraction of sp³-hybridized carbons (Fsp3) is 0.400. The van der Waals surface area contributed by atoms with Crippen LogP contribution in [0.3, 0.4) is 0 Å². The van der Waals surface area contributed by atoms with E-state index in [1.165, 1.54) is 4.57 Å². The number of piperazine rings is 1. The Hall–Kier alpha value is -1.70. The summed E-state index contributed by atoms with van der Waals surface area (Å²) in [5.74, 6) is -0.0856. The first kappa shape index (κ1) is 16.2. The summed E-state index contributed by atoms with van der Waals surface area (Å²) in [6.45, 7) is 2.92. The van der Waals surface area contributed by atoms with E-state index in [1.807, 2.05) is 4.90 Å². The summed E-state index contributed by atoms with van der Waals surface area (Å²) in [7, 11) is 0. The highest BCUT2D eigenvalue weighted by molar-refractivity contribution is 7.16. The van der Waals surface area contributed by atoms with Crippen molar-refractivity contribution in [3.05, 3.63) is 32.9 Å². The monoisotopic (exact) mass is 353 g/mol. The minimum atomic E-state index is -0.157. The molecule has 1 aliphatic rings. The van der Waals surface area contributed by atoms with Gasteiger partial charge in [0.25, 0.3) is 0 Å². The molecule has 2 heterocycles. The van der Waals surface area contributed by atoms with Gasteiger partial charge in [-0.05, 0) is 18.2 Å². The van der Waals surface area contributed by atoms with Gasteiger partial charge in [0.15, 0.2) is 0 Å². The van der Waals surface area contributed by atoms with Crippen molar-refractivity contribution in [3.8, 4) is 0 Å². The predicted molar refractivity (Wildman–Crippen MR) is 90.2 cm³/mol. The van der Waals surface area contributed by atoms with Gasteiger partial charge >= 0.3 is 4.87 Å². The van der Waals surface area contributed by atoms with Crippen molar-refractivity contribution in [2.24, 2.45) is 0 Å². The standard InChI is InChI=1S/C15H16ClN3O3S/c16-11-1-2-13-12(9-11)19(15(22)23-13)10-14(21)18-5-3-17(4-6-18)7-8-20/h1-2,8-9H,3-7,10H2. The van der Waals surface area contributed by atoms with Crippen LogP contribution in [0.5, 0.6) is 0 Å². The zero-order valence-corrected chi connectivity index (χ0v) is 14.0. The smallest absolute Gasteiger partial charge is 0.308 e. The molecule has 1 aromatic carbocycles. The van der Waals surface area contributed by atoms with Crippen LogP contribution in [-0.2, 0) is 16.1 Å². The third-order valence-electron chi connectivity index (χ3n) is 3.98. The Labute approximate surface area is 141 Å². The summed E-state index contributed by atoms with van der Waals surface area (Å²) in [4.78, 5) is 38.7. The Morgan fingerprint density at radius 3 is 2.70 bits per heavy atom. The normalized spacial score (nSPS) is 16.0. The lowest BCUT2D eigenvalue weighted by molar-refractivity contribution is -0.133. The van der Waals surface area contributed by atoms with E-state index in [9.17, 15) is 14.4 Å². The number of amides is 1. The number of halogens is 1. The summed E-state index contributed by atoms with van der Waals surface area (Å²) >= 11 is 7.10. The third-order valence-corrected chi connectivity index (χ3v) is 5.18. The predicted octanol–water partition coefficient (Wildman–Crippen LogP) is 1.06. The highest BCUT2D eigenvalue weighted by atomic mass is 35.5. The lowest BCUT2D eigenvalue weighted by Crippen LogP contribution is -2.50. The maximum Gasteiger partial charge on any atom is 0.308 e. The number of carbonyl (C=O) groups excluding carboxylic acids is 2. The van der Waals surface area contributed by atoms with Crippen molar-refractivity contribution < 1.29 is 9.59 Å². The number of aromatic nitrogens is 1. The highest BCUT2D eigenvalue weighted by Gasteiger charge is 2.22. The average Bonchev–Trinajstić information content (AvgIpc) is 2.84. The van der Waals surface area contributed by atoms with Gasteiger partial charge in [-0.15, -0.1) is 0 Å². The second-order valence-electron chi connectivity index (χ2n) is 5.41. The molecule has 0 saturated carbocycles. The molecule has 0 radical (unpaired) electrons. The molecule has 23 heavy (non-hydrogen) atoms. The second kappa shape index (κ2) is 6.82. The van der Waals surface area contributed by atoms with Gasteiger partial charge in [-0.3, -0.25) is 19.1 Å². The van der Waals surface area contributed by atoms with Crippen molar-refractivity contribution in [1.29, 1.82) is 0 Å². The van der Waals surface area contributed by atoms with E-state index >= 15 is 0 Å². The number of hydrogen-bond donors (Lipinski definition) is 0. The van der Waals surface area contributed by atoms with Crippen LogP contribution in [0.15, 0.2) is 23.0 Å². The van der Waals surface area contributed by atoms with Crippen LogP contribution >= 0.6 is 22.9 Å². The number of carbonyl (C=O) groups is 2. The molecule has 6 nitrogen and oxygen atoms in total. The van der Waals surface area contributed by atoms with Gasteiger partial charge in [0.1, 0.15) is 12.8 Å². The summed E-state index contributed by atoms with van der Waals surface area (Å²) < 4.78 is 2.30. The molecular weight excluding hydrogens is 338 g/mol. The first-order chi connectivity index (χ1) is 11.1. The summed E-state index contributed by atoms with van der Waals surface area (Å²) in [6.07, 6.45) is 0.873. The molecule has 0 spiro atoms. The molecule has 1 fully saturated rings. The molecule has 122 valence electrons. The Morgan fingerprint density at radius 1 is 1.26 bits per heavy atom. The molecule has 0 atom stereocenters. The van der Waals surface area contributed by atoms with Crippen molar-refractivity contribution in [2.75, 3.05) is 32.7 Å². The molecule has 0 unspecified atom stereocenters. The summed E-state index contributed by atoms with van der Waals surface area (Å²) in [6, 6.07) is 5.24. The third kappa shape index (κ3) is 3.46. The molecule has 3 rings (SSSR count). The second-order valence-corrected chi connectivity index (χ2v) is 6.84. The number of aldehydes is 1. The average molecular weight is 354 g/mol. The lowest BCUT2D eigenvalue weighted by Gasteiger charge is -2.33. The van der Waals surface area contributed by atoms with E-state index in [2.05, 4.69) is 0 Å². The zero-order chi connectivity index (χ0) is 16.4. The number of benzene rings is 1. The van der Waals surface area contributed by atoms with Gasteiger partial charge in [-0.2, -0.15) is 0 Å². The van der Waals surface area contributed by atoms with Gasteiger partial charge in [0, 0.05) is 31.2 Å². The number of thiazole rings is 1. The molecule has 0 N–H and O–H groups in total. The summed E-state index contributed by atoms with van der Waals surface area (Å²) in [5.41, 5.74) is 0.695. The number of hydrogen-bond acceptors (Lipinski definition) is 5. The van der Waals surface area contributed by atoms with Crippen LogP contribution in [0.4, 0.5) is 0 Å². The summed E-state index contributed by atoms with van der Waals surface area (Å²) in [5, 5.41) is 0.541. The van der Waals surface area contributed by atoms with Crippen LogP contribution in [0.2, 0.25) is 5.02 Å². The van der Waals surface area contributed by atoms with Crippen molar-refractivity contribution in [2.45, 2.75) is 6.54 Å². The van der Waals surface area contributed by atoms with Crippen molar-refractivity contribution in [3.63, 3.8) is 0 Å². The maximum absolute atomic E-state index is 12.5. The Morgan fingerprint density at radius 2 is 2.00 bits per heavy atom. The molecule has 1 saturated heterocycles. The van der Waals surface area contributed by atoms with Crippen LogP contribution in [-0.4, -0.2) is 59.3 Å². The van der Waals surface area contributed by atoms with E-state index in [1.54, 1.807) is 23.1 Å². The minimum absolute atomic E-state index is 0.0207. The quantitative estimate of drug-likeness (QED) is 0.771. The van der Waals surface area contributed by atoms with Gasteiger partial charge in [-0.25, -0.2) is 0 Å². The largest absolute Gasteiger partial charge is 0.339 e. The Balaban J connectivity index is 1.74. The van der Waals surface area contributed by atoms with Gasteiger partial charge < -0.3 is 9.69 Å². The van der Waals surface area contributed by atoms with Gasteiger partial charge in [-0.1, -0.05) is 22.9 Å². The number of nitrogens with zero attached hydrogens (tertiary/aromatic N) is 3. The van der Waals surface area contributed by atoms with Crippen LogP contribution < -0.4 is 4.87 Å². The van der Waals surface area contributed by atoms with Crippen LogP contribution in [0.25, 0.3) is 10.2 Å². The van der Waals surface area contributed by atoms with Crippen molar-refractivity contribution in [1.82, 2.24) is 14.4 Å². The van der Waals surface area contributed by atoms with Crippen LogP contribution in [0, 0.1) is 0 Å². The van der Waals surface area contributed by atoms with E-state index in [0.717, 1.165) is 22.3 Å². The molecule has 1 aliphatic heterocycles. The zero-order valence-electron chi connectivity index (χ0n) is 12.4. The number of rotatable bonds is 4. The first-order valence-corrected chi connectivity index (χ1v) is 8.50. The van der Waals surface area contributed by atoms with Gasteiger partial charge in [0.05, 0.1) is 16.8 Å². The Bertz CT molecular complexity index is 793. The first-order valence-electron chi connectivity index (χ1n) is 7.31. The minimum Gasteiger partial charge on any atom is -0.339 e. The van der Waals surface area contributed by atoms with Crippen LogP contribution in [0.1, 0.15) is 0 Å². The highest BCUT2D eigenvalue weighted by Crippen LogP contribution is 2.21. The molecular formula is C15H16ClN3O3S. The molecule has 1 aromatic heterocycles. The molecule has 8 heteroatoms. The van der Waals surface area contributed by atoms with Gasteiger partial charge in [0.2, 0.25) is 5.91 Å². The van der Waals surface area contributed by atoms with Crippen molar-refractivity contribution >= 4 is 45.3 Å².